The number of phosphoric ester groups is 1. The number of ether oxygens (including phenoxy) is 1. The van der Waals surface area contributed by atoms with Crippen molar-refractivity contribution in [1.82, 2.24) is 20.2 Å². The van der Waals surface area contributed by atoms with Crippen molar-refractivity contribution in [2.45, 2.75) is 202 Å². The van der Waals surface area contributed by atoms with Gasteiger partial charge in [-0.1, -0.05) is 40.7 Å². The van der Waals surface area contributed by atoms with Crippen molar-refractivity contribution >= 4 is 124 Å². The zero-order chi connectivity index (χ0) is 93.9. The molecular formula is C90H113CoN15O21PS. The molecule has 1 aromatic heterocycles. The Morgan fingerprint density at radius 3 is 2.03 bits per heavy atom. The van der Waals surface area contributed by atoms with Crippen molar-refractivity contribution in [2.24, 2.45) is 94.7 Å². The number of carbonyl (C=O) groups is 10. The first-order valence-electron chi connectivity index (χ1n) is 42.3. The number of nitrogens with one attached hydrogen (secondary N) is 3. The number of primary amides is 6. The fraction of sp³-hybridized carbons (Fsp3) is 0.489. The molecule has 1 unspecified atom stereocenters. The number of anilines is 1. The van der Waals surface area contributed by atoms with Crippen molar-refractivity contribution in [1.29, 1.82) is 0 Å². The van der Waals surface area contributed by atoms with Gasteiger partial charge in [0.15, 0.2) is 11.7 Å². The standard InChI is InChI=1S/C62H90N13O14P.C28H25N2O7S.Co/c1-29-20-39-40(21-30(29)2)75(28-70-39)57-52(84)53(41(27-76)87-57)89-90(85,86)88-31(3)26-69-49(83)18-19-59(8)37(22-46(66)80)56-62(11)61(10,25-48(68)82)36(14-17-45(65)79)51(74-62)33(5)55-60(9,24-47(67)81)34(12-15-43(63)77)38(71-55)23-42-58(6,7)35(13-16-44(64)78)50(72-42)32(4)54(59)73-56;1-2-10-29-25(33)9-11-38-15-26(34)30-16-3-6-19(28(35)36)22(12-16)27-20-7-4-17(31)13-23(20)37-24-14-18(32)5-8-21(24)27;/h20-21,23,28,31,34-37,41,52-53,56-57,76,84H,12-19,22,24-27H2,1-11H3,(H15,63,64,65,66,67,68,69,71,72,73,74,77,78,79,80,81,82,83,85,86);3-8,12-14,31H,1-2,9-11,15H2,(H,29,33)(H,30,34)(H,35,36);/q;-1;+3/p-2/t31-,34-,35-,36-,37+,41-,52-,53-,56-,57+,59-,60+,61+,62+;;/m1../s1. The molecular weight excluding hydrogens is 1750 g/mol. The maximum absolute atomic E-state index is 14.4. The number of benzene rings is 4. The summed E-state index contributed by atoms with van der Waals surface area (Å²) >= 11 is 1.31. The molecule has 694 valence electrons. The van der Waals surface area contributed by atoms with E-state index >= 15 is 0 Å². The predicted molar refractivity (Wildman–Crippen MR) is 478 cm³/mol. The van der Waals surface area contributed by atoms with E-state index in [0.717, 1.165) is 11.1 Å². The van der Waals surface area contributed by atoms with Gasteiger partial charge < -0.3 is 111 Å². The summed E-state index contributed by atoms with van der Waals surface area (Å²) < 4.78 is 37.7. The molecule has 0 saturated carbocycles. The van der Waals surface area contributed by atoms with E-state index in [9.17, 15) is 82.6 Å². The molecule has 7 aliphatic heterocycles. The number of aromatic carboxylic acids is 1. The number of phenols is 1. The van der Waals surface area contributed by atoms with E-state index in [1.165, 1.54) is 66.0 Å². The second-order valence-corrected chi connectivity index (χ2v) is 37.8. The predicted octanol–water partition coefficient (Wildman–Crippen LogP) is 7.68. The largest absolute Gasteiger partial charge is 3.00 e. The van der Waals surface area contributed by atoms with E-state index in [2.05, 4.69) is 27.9 Å². The van der Waals surface area contributed by atoms with Gasteiger partial charge in [0, 0.05) is 155 Å². The van der Waals surface area contributed by atoms with Crippen LogP contribution in [0.25, 0.3) is 49.8 Å². The van der Waals surface area contributed by atoms with Gasteiger partial charge in [0.2, 0.25) is 53.2 Å². The number of aryl methyl sites for hydroxylation is 2. The number of carboxylic acids is 1. The zero-order valence-corrected chi connectivity index (χ0v) is 76.5. The van der Waals surface area contributed by atoms with Gasteiger partial charge in [-0.05, 0) is 174 Å². The third-order valence-electron chi connectivity index (χ3n) is 26.2. The quantitative estimate of drug-likeness (QED) is 0.00775. The molecule has 2 saturated heterocycles. The normalized spacial score (nSPS) is 27.1. The van der Waals surface area contributed by atoms with Gasteiger partial charge in [0.25, 0.3) is 7.82 Å². The Labute approximate surface area is 760 Å². The molecule has 19 N–H and O–H groups in total. The summed E-state index contributed by atoms with van der Waals surface area (Å²) in [5.74, 6) is -8.22. The summed E-state index contributed by atoms with van der Waals surface area (Å²) in [7, 11) is -5.32. The Morgan fingerprint density at radius 2 is 1.40 bits per heavy atom. The minimum Gasteiger partial charge on any atom is -0.756 e. The van der Waals surface area contributed by atoms with Crippen molar-refractivity contribution in [2.75, 3.05) is 36.5 Å². The number of imidazole rings is 1. The van der Waals surface area contributed by atoms with Gasteiger partial charge in [-0.2, -0.15) is 23.9 Å². The van der Waals surface area contributed by atoms with E-state index in [1.807, 2.05) is 80.5 Å². The Balaban J connectivity index is 0.000000369. The number of phosphoric acid groups is 1. The van der Waals surface area contributed by atoms with Crippen molar-refractivity contribution in [3.63, 3.8) is 0 Å². The topological polar surface area (TPSA) is 611 Å². The number of nitrogens with zero attached hydrogens (tertiary/aromatic N) is 6. The summed E-state index contributed by atoms with van der Waals surface area (Å²) in [5.41, 5.74) is 38.3. The molecule has 15 atom stereocenters. The summed E-state index contributed by atoms with van der Waals surface area (Å²) in [6.45, 7) is 23.1. The number of carbonyl (C=O) groups excluding carboxylic acids is 9. The number of phenolic OH excluding ortho intramolecular Hbond substituents is 1. The Hall–Kier alpha value is -10.8. The van der Waals surface area contributed by atoms with Gasteiger partial charge >= 0.3 is 22.7 Å². The van der Waals surface area contributed by atoms with E-state index in [4.69, 9.17) is 72.9 Å². The number of carboxylic acid groups (broad SMARTS) is 1. The van der Waals surface area contributed by atoms with Crippen LogP contribution in [-0.4, -0.2) is 173 Å². The fourth-order valence-corrected chi connectivity index (χ4v) is 21.2. The van der Waals surface area contributed by atoms with Gasteiger partial charge in [-0.25, -0.2) is 9.78 Å². The Morgan fingerprint density at radius 1 is 0.744 bits per heavy atom. The van der Waals surface area contributed by atoms with Gasteiger partial charge in [0.05, 0.1) is 52.6 Å². The second kappa shape index (κ2) is 40.3. The van der Waals surface area contributed by atoms with Crippen LogP contribution in [0.15, 0.2) is 132 Å². The fourth-order valence-electron chi connectivity index (χ4n) is 19.3. The van der Waals surface area contributed by atoms with Gasteiger partial charge in [0.1, 0.15) is 35.4 Å². The molecule has 8 aliphatic rings. The molecule has 129 heavy (non-hydrogen) atoms. The maximum Gasteiger partial charge on any atom is 3.00 e. The molecule has 0 spiro atoms. The van der Waals surface area contributed by atoms with Crippen LogP contribution in [0.1, 0.15) is 173 Å². The third-order valence-corrected chi connectivity index (χ3v) is 28.2. The molecule has 0 radical (unpaired) electrons. The van der Waals surface area contributed by atoms with E-state index in [-0.39, 0.29) is 146 Å². The summed E-state index contributed by atoms with van der Waals surface area (Å²) in [4.78, 5) is 176. The van der Waals surface area contributed by atoms with E-state index < -0.39 is 149 Å². The number of hydrogen-bond donors (Lipinski definition) is 13. The number of fused-ring (bicyclic) bond motifs is 9. The molecule has 2 fully saturated rings. The average Bonchev–Trinajstić information content (AvgIpc) is 1.52. The summed E-state index contributed by atoms with van der Waals surface area (Å²) in [5, 5.41) is 56.1. The zero-order valence-electron chi connectivity index (χ0n) is 73.8. The molecule has 12 rings (SSSR count). The van der Waals surface area contributed by atoms with Crippen LogP contribution in [-0.2, 0) is 78.3 Å². The number of aliphatic hydroxyl groups excluding tert-OH is 2. The number of aromatic hydroxyl groups is 1. The van der Waals surface area contributed by atoms with E-state index in [0.29, 0.717) is 103 Å². The minimum absolute atomic E-state index is 0. The molecule has 8 bridgehead atoms. The van der Waals surface area contributed by atoms with Crippen LogP contribution in [0.3, 0.4) is 0 Å². The summed E-state index contributed by atoms with van der Waals surface area (Å²) in [6, 6.07) is 15.8. The Bertz CT molecular complexity index is 5730. The van der Waals surface area contributed by atoms with E-state index in [1.54, 1.807) is 25.1 Å². The van der Waals surface area contributed by atoms with Crippen LogP contribution in [0.4, 0.5) is 5.69 Å². The summed E-state index contributed by atoms with van der Waals surface area (Å²) in [6.07, 6.45) is -3.90. The van der Waals surface area contributed by atoms with Crippen LogP contribution in [0.5, 0.6) is 5.75 Å². The number of aromatic nitrogens is 2. The van der Waals surface area contributed by atoms with Gasteiger partial charge in [-0.15, -0.1) is 0 Å². The minimum atomic E-state index is -5.32. The number of rotatable bonds is 36. The van der Waals surface area contributed by atoms with Crippen LogP contribution >= 0.6 is 19.6 Å². The number of aliphatic imine (C=N–C) groups is 3. The van der Waals surface area contributed by atoms with Crippen LogP contribution in [0, 0.1) is 66.1 Å². The molecule has 39 heteroatoms. The van der Waals surface area contributed by atoms with Crippen molar-refractivity contribution in [3.05, 3.63) is 147 Å². The SMILES string of the molecule is C/C1=C2/[N-][C@H]([C@H](CC(N)=O)[C@@]2(C)CCC(=O)NC[C@@H](C)OP(=O)([O-])O[C@H]2[C@@H](O)[C@@H](n3cnc4cc(C)c(C)cc43)O[C@@H]2CO)[C@]2(C)N=C(/C(C)=C3N=C(/C=C4N=C1[C@@H](CCC(N)=O)C\4(C)C)[C@@H](CCC(N)=O)[C@]\3(C)CC(N)=O)[C@@H](CCC(N)=O)[C@]2(C)CC(N)=O.[CH2-]CCNC(=O)CCSCC(=O)Nc1ccc(C(=O)O)c(-c2c3ccc(=O)cc-3oc3cc(O)ccc23)c1.[Co+3]. The molecule has 3 aromatic carbocycles. The first kappa shape index (κ1) is 100. The first-order chi connectivity index (χ1) is 60.1. The number of nitrogens with two attached hydrogens (primary N) is 6. The smallest absolute Gasteiger partial charge is 0.756 e. The average molecular weight is 1860 g/mol. The number of aliphatic hydroxyl groups is 2. The number of thioether (sulfide) groups is 1. The number of amides is 9. The number of hydrogen-bond acceptors (Lipinski definition) is 25. The van der Waals surface area contributed by atoms with Crippen LogP contribution in [0.2, 0.25) is 0 Å². The number of allylic oxidation sites excluding steroid dienone is 6. The molecule has 1 aliphatic carbocycles. The first-order valence-corrected chi connectivity index (χ1v) is 44.9. The molecule has 8 heterocycles. The third kappa shape index (κ3) is 21.3. The van der Waals surface area contributed by atoms with Crippen molar-refractivity contribution < 1.29 is 113 Å². The second-order valence-electron chi connectivity index (χ2n) is 35.4. The van der Waals surface area contributed by atoms with Crippen molar-refractivity contribution in [3.8, 4) is 28.2 Å². The maximum atomic E-state index is 14.4. The van der Waals surface area contributed by atoms with Gasteiger partial charge in [-0.3, -0.25) is 67.5 Å². The molecule has 9 amide bonds. The monoisotopic (exact) mass is 1860 g/mol. The van der Waals surface area contributed by atoms with Crippen LogP contribution < -0.4 is 60.7 Å². The molecule has 4 aromatic rings. The molecule has 36 nitrogen and oxygen atoms in total. The Kier molecular flexibility index (Phi) is 31.3.